The van der Waals surface area contributed by atoms with Crippen LogP contribution in [0.4, 0.5) is 5.69 Å². The lowest BCUT2D eigenvalue weighted by Gasteiger charge is -2.54. The Hall–Kier alpha value is -1.02. The van der Waals surface area contributed by atoms with Crippen LogP contribution < -0.4 is 10.2 Å². The smallest absolute Gasteiger partial charge is 0.0431 e. The molecule has 0 aromatic heterocycles. The summed E-state index contributed by atoms with van der Waals surface area (Å²) in [5.74, 6) is 0.607. The van der Waals surface area contributed by atoms with E-state index in [0.29, 0.717) is 11.3 Å². The van der Waals surface area contributed by atoms with E-state index in [2.05, 4.69) is 49.2 Å². The average Bonchev–Trinajstić information content (AvgIpc) is 2.36. The van der Waals surface area contributed by atoms with E-state index in [1.165, 1.54) is 55.8 Å². The van der Waals surface area contributed by atoms with E-state index in [9.17, 15) is 0 Å². The summed E-state index contributed by atoms with van der Waals surface area (Å²) in [7, 11) is 0. The number of benzene rings is 1. The Bertz CT molecular complexity index is 450. The van der Waals surface area contributed by atoms with Crippen molar-refractivity contribution in [3.63, 3.8) is 0 Å². The van der Waals surface area contributed by atoms with Gasteiger partial charge in [-0.2, -0.15) is 0 Å². The first-order valence-electron chi connectivity index (χ1n) is 7.66. The minimum atomic E-state index is 0.564. The van der Waals surface area contributed by atoms with Gasteiger partial charge >= 0.3 is 0 Å². The van der Waals surface area contributed by atoms with Crippen molar-refractivity contribution >= 4 is 5.69 Å². The first-order valence-corrected chi connectivity index (χ1v) is 7.66. The van der Waals surface area contributed by atoms with Crippen molar-refractivity contribution in [2.24, 2.45) is 5.41 Å². The zero-order valence-electron chi connectivity index (χ0n) is 12.5. The molecule has 1 N–H and O–H groups in total. The fourth-order valence-corrected chi connectivity index (χ4v) is 3.80. The van der Waals surface area contributed by atoms with Crippen molar-refractivity contribution in [2.75, 3.05) is 31.1 Å². The highest BCUT2D eigenvalue weighted by atomic mass is 15.2. The summed E-state index contributed by atoms with van der Waals surface area (Å²) >= 11 is 0. The molecule has 1 aromatic rings. The van der Waals surface area contributed by atoms with Crippen LogP contribution in [0.2, 0.25) is 0 Å². The lowest BCUT2D eigenvalue weighted by Crippen LogP contribution is -2.62. The van der Waals surface area contributed by atoms with Crippen LogP contribution in [-0.4, -0.2) is 26.2 Å². The van der Waals surface area contributed by atoms with Crippen molar-refractivity contribution in [1.82, 2.24) is 5.32 Å². The third-order valence-electron chi connectivity index (χ3n) is 4.82. The molecule has 2 heterocycles. The Labute approximate surface area is 117 Å². The molecule has 0 saturated carbocycles. The Morgan fingerprint density at radius 3 is 2.68 bits per heavy atom. The highest BCUT2D eigenvalue weighted by molar-refractivity contribution is 5.62. The number of nitrogens with zero attached hydrogens (tertiary/aromatic N) is 1. The summed E-state index contributed by atoms with van der Waals surface area (Å²) in [6.07, 6.45) is 2.75. The average molecular weight is 258 g/mol. The van der Waals surface area contributed by atoms with E-state index in [0.717, 1.165) is 0 Å². The molecule has 0 radical (unpaired) electrons. The van der Waals surface area contributed by atoms with Gasteiger partial charge < -0.3 is 10.2 Å². The fourth-order valence-electron chi connectivity index (χ4n) is 3.80. The molecule has 2 fully saturated rings. The summed E-state index contributed by atoms with van der Waals surface area (Å²) in [5, 5.41) is 3.57. The maximum atomic E-state index is 3.57. The van der Waals surface area contributed by atoms with Gasteiger partial charge in [-0.05, 0) is 43.4 Å². The SMILES string of the molecule is Cc1cccc(C(C)C)c1N1CC2(CCCNC2)C1. The molecule has 0 atom stereocenters. The van der Waals surface area contributed by atoms with Gasteiger partial charge in [0.1, 0.15) is 0 Å². The molecule has 0 aliphatic carbocycles. The number of hydrogen-bond donors (Lipinski definition) is 1. The molecule has 0 unspecified atom stereocenters. The molecule has 0 bridgehead atoms. The number of nitrogens with one attached hydrogen (secondary N) is 1. The maximum Gasteiger partial charge on any atom is 0.0431 e. The van der Waals surface area contributed by atoms with E-state index in [1.54, 1.807) is 0 Å². The van der Waals surface area contributed by atoms with Crippen molar-refractivity contribution < 1.29 is 0 Å². The third kappa shape index (κ3) is 2.27. The normalized spacial score (nSPS) is 21.8. The van der Waals surface area contributed by atoms with E-state index >= 15 is 0 Å². The van der Waals surface area contributed by atoms with Crippen LogP contribution in [0.5, 0.6) is 0 Å². The fraction of sp³-hybridized carbons (Fsp3) is 0.647. The number of para-hydroxylation sites is 1. The number of anilines is 1. The van der Waals surface area contributed by atoms with Gasteiger partial charge in [-0.1, -0.05) is 32.0 Å². The lowest BCUT2D eigenvalue weighted by atomic mass is 9.73. The minimum absolute atomic E-state index is 0.564. The molecule has 1 aromatic carbocycles. The predicted molar refractivity (Wildman–Crippen MR) is 82.0 cm³/mol. The van der Waals surface area contributed by atoms with E-state index < -0.39 is 0 Å². The van der Waals surface area contributed by atoms with Crippen molar-refractivity contribution in [2.45, 2.75) is 39.5 Å². The van der Waals surface area contributed by atoms with Crippen molar-refractivity contribution in [3.8, 4) is 0 Å². The molecule has 2 heteroatoms. The standard InChI is InChI=1S/C17H26N2/c1-13(2)15-7-4-6-14(3)16(15)19-11-17(12-19)8-5-9-18-10-17/h4,6-7,13,18H,5,8-12H2,1-3H3. The molecule has 19 heavy (non-hydrogen) atoms. The first kappa shape index (κ1) is 13.0. The second-order valence-corrected chi connectivity index (χ2v) is 6.80. The third-order valence-corrected chi connectivity index (χ3v) is 4.82. The van der Waals surface area contributed by atoms with Gasteiger partial charge in [0, 0.05) is 30.7 Å². The van der Waals surface area contributed by atoms with Crippen LogP contribution in [0.3, 0.4) is 0 Å². The van der Waals surface area contributed by atoms with E-state index in [-0.39, 0.29) is 0 Å². The summed E-state index contributed by atoms with van der Waals surface area (Å²) < 4.78 is 0. The van der Waals surface area contributed by atoms with Crippen LogP contribution in [0.25, 0.3) is 0 Å². The number of aryl methyl sites for hydroxylation is 1. The van der Waals surface area contributed by atoms with E-state index in [1.807, 2.05) is 0 Å². The predicted octanol–water partition coefficient (Wildman–Crippen LogP) is 3.31. The highest BCUT2D eigenvalue weighted by Gasteiger charge is 2.44. The van der Waals surface area contributed by atoms with Crippen molar-refractivity contribution in [1.29, 1.82) is 0 Å². The molecule has 104 valence electrons. The van der Waals surface area contributed by atoms with Crippen LogP contribution >= 0.6 is 0 Å². The number of hydrogen-bond acceptors (Lipinski definition) is 2. The van der Waals surface area contributed by atoms with Crippen LogP contribution in [0, 0.1) is 12.3 Å². The minimum Gasteiger partial charge on any atom is -0.370 e. The molecule has 2 aliphatic rings. The topological polar surface area (TPSA) is 15.3 Å². The van der Waals surface area contributed by atoms with E-state index in [4.69, 9.17) is 0 Å². The van der Waals surface area contributed by atoms with Gasteiger partial charge in [0.2, 0.25) is 0 Å². The summed E-state index contributed by atoms with van der Waals surface area (Å²) in [4.78, 5) is 2.61. The Morgan fingerprint density at radius 2 is 2.05 bits per heavy atom. The summed E-state index contributed by atoms with van der Waals surface area (Å²) in [6.45, 7) is 11.8. The largest absolute Gasteiger partial charge is 0.370 e. The molecule has 0 amide bonds. The molecular formula is C17H26N2. The molecule has 2 aliphatic heterocycles. The Balaban J connectivity index is 1.81. The molecule has 2 saturated heterocycles. The summed E-state index contributed by atoms with van der Waals surface area (Å²) in [6, 6.07) is 6.76. The van der Waals surface area contributed by atoms with Gasteiger partial charge in [0.05, 0.1) is 0 Å². The van der Waals surface area contributed by atoms with Crippen LogP contribution in [0.1, 0.15) is 43.7 Å². The van der Waals surface area contributed by atoms with Gasteiger partial charge in [-0.15, -0.1) is 0 Å². The van der Waals surface area contributed by atoms with Gasteiger partial charge in [-0.3, -0.25) is 0 Å². The molecular weight excluding hydrogens is 232 g/mol. The Morgan fingerprint density at radius 1 is 1.26 bits per heavy atom. The molecule has 3 rings (SSSR count). The van der Waals surface area contributed by atoms with Gasteiger partial charge in [0.25, 0.3) is 0 Å². The molecule has 2 nitrogen and oxygen atoms in total. The monoisotopic (exact) mass is 258 g/mol. The van der Waals surface area contributed by atoms with Crippen molar-refractivity contribution in [3.05, 3.63) is 29.3 Å². The van der Waals surface area contributed by atoms with Crippen LogP contribution in [0.15, 0.2) is 18.2 Å². The highest BCUT2D eigenvalue weighted by Crippen LogP contribution is 2.42. The van der Waals surface area contributed by atoms with Gasteiger partial charge in [-0.25, -0.2) is 0 Å². The number of piperidine rings is 1. The first-order chi connectivity index (χ1) is 9.11. The lowest BCUT2D eigenvalue weighted by molar-refractivity contribution is 0.156. The zero-order chi connectivity index (χ0) is 13.5. The Kier molecular flexibility index (Phi) is 3.30. The summed E-state index contributed by atoms with van der Waals surface area (Å²) in [5.41, 5.74) is 5.02. The quantitative estimate of drug-likeness (QED) is 0.875. The van der Waals surface area contributed by atoms with Crippen LogP contribution in [-0.2, 0) is 0 Å². The second-order valence-electron chi connectivity index (χ2n) is 6.80. The zero-order valence-corrected chi connectivity index (χ0v) is 12.5. The maximum absolute atomic E-state index is 3.57. The molecule has 1 spiro atoms. The van der Waals surface area contributed by atoms with Gasteiger partial charge in [0.15, 0.2) is 0 Å². The number of rotatable bonds is 2. The second kappa shape index (κ2) is 4.82.